The Morgan fingerprint density at radius 2 is 2.40 bits per heavy atom. The van der Waals surface area contributed by atoms with Crippen molar-refractivity contribution in [2.75, 3.05) is 6.54 Å². The summed E-state index contributed by atoms with van der Waals surface area (Å²) in [4.78, 5) is 6.20. The van der Waals surface area contributed by atoms with Gasteiger partial charge in [0.05, 0.1) is 13.4 Å². The van der Waals surface area contributed by atoms with Crippen molar-refractivity contribution >= 4 is 24.8 Å². The number of nitrogens with zero attached hydrogens (tertiary/aromatic N) is 1. The van der Waals surface area contributed by atoms with Gasteiger partial charge < -0.3 is 10.7 Å². The molecule has 5 heteroatoms. The molecular weight excluding hydrogens is 173 g/mol. The molecule has 0 saturated carbocycles. The molecule has 0 radical (unpaired) electrons. The van der Waals surface area contributed by atoms with Crippen LogP contribution in [-0.2, 0) is 6.42 Å². The van der Waals surface area contributed by atoms with Crippen LogP contribution in [0.2, 0.25) is 0 Å². The molecule has 1 rings (SSSR count). The first kappa shape index (κ1) is 7.85. The van der Waals surface area contributed by atoms with E-state index in [2.05, 4.69) is 9.97 Å². The van der Waals surface area contributed by atoms with Crippen molar-refractivity contribution in [3.05, 3.63) is 18.2 Å². The van der Waals surface area contributed by atoms with Crippen molar-refractivity contribution in [3.63, 3.8) is 0 Å². The molecule has 1 aromatic rings. The number of aromatic amines is 1. The molecular formula is C5H11Cl2N3. The van der Waals surface area contributed by atoms with Crippen LogP contribution in [0.4, 0.5) is 0 Å². The third kappa shape index (κ3) is 3.71. The highest BCUT2D eigenvalue weighted by Crippen LogP contribution is 1.88. The third-order valence-electron chi connectivity index (χ3n) is 0.835. The molecule has 3 nitrogen and oxygen atoms in total. The van der Waals surface area contributed by atoms with Crippen LogP contribution >= 0.6 is 24.8 Å². The second-order valence-corrected chi connectivity index (χ2v) is 1.46. The van der Waals surface area contributed by atoms with E-state index in [0.29, 0.717) is 18.7 Å². The fraction of sp³-hybridized carbons (Fsp3) is 0.400. The Kier molecular flexibility index (Phi) is 5.39. The molecule has 60 valence electrons. The van der Waals surface area contributed by atoms with Crippen molar-refractivity contribution in [2.45, 2.75) is 6.42 Å². The van der Waals surface area contributed by atoms with Gasteiger partial charge in [-0.15, -0.1) is 24.8 Å². The molecule has 1 heterocycles. The lowest BCUT2D eigenvalue weighted by Gasteiger charge is -1.85. The van der Waals surface area contributed by atoms with Crippen LogP contribution in [0.5, 0.6) is 0 Å². The van der Waals surface area contributed by atoms with E-state index >= 15 is 0 Å². The Hall–Kier alpha value is -0.250. The first-order chi connectivity index (χ1) is 4.74. The third-order valence-corrected chi connectivity index (χ3v) is 0.835. The molecule has 0 aliphatic heterocycles. The predicted molar refractivity (Wildman–Crippen MR) is 45.8 cm³/mol. The quantitative estimate of drug-likeness (QED) is 0.719. The number of hydrogen-bond acceptors (Lipinski definition) is 2. The van der Waals surface area contributed by atoms with E-state index in [1.54, 1.807) is 0 Å². The molecule has 0 fully saturated rings. The summed E-state index contributed by atoms with van der Waals surface area (Å²) in [6, 6.07) is 0. The normalized spacial score (nSPS) is 10.5. The molecule has 0 unspecified atom stereocenters. The van der Waals surface area contributed by atoms with Crippen molar-refractivity contribution in [3.8, 4) is 0 Å². The van der Waals surface area contributed by atoms with E-state index < -0.39 is 0 Å². The second-order valence-electron chi connectivity index (χ2n) is 1.46. The van der Waals surface area contributed by atoms with Gasteiger partial charge in [0.25, 0.3) is 0 Å². The minimum absolute atomic E-state index is 0. The molecule has 0 aliphatic carbocycles. The van der Waals surface area contributed by atoms with Gasteiger partial charge in [-0.05, 0) is 6.54 Å². The van der Waals surface area contributed by atoms with Crippen LogP contribution in [0.3, 0.4) is 0 Å². The molecule has 10 heavy (non-hydrogen) atoms. The van der Waals surface area contributed by atoms with Gasteiger partial charge in [0.2, 0.25) is 0 Å². The fourth-order valence-electron chi connectivity index (χ4n) is 0.479. The van der Waals surface area contributed by atoms with Crippen molar-refractivity contribution in [1.82, 2.24) is 9.97 Å². The SMILES string of the molecule is Cl.Cl.[3H]c1nc(CCN)c([3H])[nH]1. The van der Waals surface area contributed by atoms with Crippen LogP contribution in [0, 0.1) is 0 Å². The fourth-order valence-corrected chi connectivity index (χ4v) is 0.479. The summed E-state index contributed by atoms with van der Waals surface area (Å²) in [5.74, 6) is 0. The van der Waals surface area contributed by atoms with Gasteiger partial charge in [0.1, 0.15) is 1.37 Å². The van der Waals surface area contributed by atoms with Crippen LogP contribution in [0.15, 0.2) is 12.5 Å². The number of H-pyrrole nitrogens is 1. The van der Waals surface area contributed by atoms with Crippen LogP contribution < -0.4 is 5.73 Å². The summed E-state index contributed by atoms with van der Waals surface area (Å²) in [5.41, 5.74) is 5.82. The van der Waals surface area contributed by atoms with Crippen LogP contribution in [-0.4, -0.2) is 16.5 Å². The summed E-state index contributed by atoms with van der Waals surface area (Å²) >= 11 is 0. The minimum atomic E-state index is 0. The summed E-state index contributed by atoms with van der Waals surface area (Å²) in [7, 11) is 0. The Balaban J connectivity index is 0. The zero-order valence-corrected chi connectivity index (χ0v) is 6.89. The van der Waals surface area contributed by atoms with Crippen molar-refractivity contribution in [1.29, 1.82) is 0 Å². The number of hydrogen-bond donors (Lipinski definition) is 2. The average molecular weight is 188 g/mol. The van der Waals surface area contributed by atoms with E-state index in [9.17, 15) is 0 Å². The molecule has 0 aliphatic rings. The first-order valence-electron chi connectivity index (χ1n) is 3.46. The Morgan fingerprint density at radius 3 is 2.80 bits per heavy atom. The van der Waals surface area contributed by atoms with Gasteiger partial charge in [-0.1, -0.05) is 0 Å². The monoisotopic (exact) mass is 187 g/mol. The average Bonchev–Trinajstić information content (AvgIpc) is 2.13. The smallest absolute Gasteiger partial charge is 0.104 e. The van der Waals surface area contributed by atoms with E-state index in [0.717, 1.165) is 0 Å². The number of halogens is 2. The molecule has 0 aromatic carbocycles. The molecule has 1 aromatic heterocycles. The molecule has 0 bridgehead atoms. The number of rotatable bonds is 2. The van der Waals surface area contributed by atoms with Gasteiger partial charge >= 0.3 is 0 Å². The molecule has 0 saturated heterocycles. The molecule has 0 spiro atoms. The standard InChI is InChI=1S/C5H9N3.2ClH/c6-2-1-5-3-7-4-8-5;;/h3-4H,1-2,6H2,(H,7,8);2*1H/i3T,4T;;. The Bertz CT molecular complexity index is 228. The lowest BCUT2D eigenvalue weighted by atomic mass is 10.3. The molecule has 0 amide bonds. The van der Waals surface area contributed by atoms with E-state index in [1.165, 1.54) is 0 Å². The van der Waals surface area contributed by atoms with Crippen molar-refractivity contribution < 1.29 is 2.74 Å². The highest BCUT2D eigenvalue weighted by Gasteiger charge is 1.87. The summed E-state index contributed by atoms with van der Waals surface area (Å²) < 4.78 is 14.2. The zero-order valence-electron chi connectivity index (χ0n) is 7.26. The minimum Gasteiger partial charge on any atom is -0.351 e. The largest absolute Gasteiger partial charge is 0.351 e. The van der Waals surface area contributed by atoms with E-state index in [-0.39, 0.29) is 37.3 Å². The molecule has 3 N–H and O–H groups in total. The van der Waals surface area contributed by atoms with Gasteiger partial charge in [-0.2, -0.15) is 0 Å². The van der Waals surface area contributed by atoms with Gasteiger partial charge in [-0.25, -0.2) is 4.98 Å². The Labute approximate surface area is 75.0 Å². The van der Waals surface area contributed by atoms with Gasteiger partial charge in [-0.3, -0.25) is 0 Å². The Morgan fingerprint density at radius 1 is 1.70 bits per heavy atom. The topological polar surface area (TPSA) is 54.7 Å². The maximum atomic E-state index is 7.20. The zero-order chi connectivity index (χ0) is 7.56. The number of aromatic nitrogens is 2. The highest BCUT2D eigenvalue weighted by atomic mass is 35.5. The van der Waals surface area contributed by atoms with Crippen LogP contribution in [0.1, 0.15) is 8.44 Å². The molecule has 0 atom stereocenters. The maximum absolute atomic E-state index is 7.20. The summed E-state index contributed by atoms with van der Waals surface area (Å²) in [5, 5.41) is 0. The first-order valence-corrected chi connectivity index (χ1v) is 2.46. The second kappa shape index (κ2) is 6.86. The maximum Gasteiger partial charge on any atom is 0.104 e. The lowest BCUT2D eigenvalue weighted by molar-refractivity contribution is 0.935. The van der Waals surface area contributed by atoms with Crippen molar-refractivity contribution in [2.24, 2.45) is 5.73 Å². The lowest BCUT2D eigenvalue weighted by Crippen LogP contribution is -2.02. The van der Waals surface area contributed by atoms with Gasteiger partial charge in [0, 0.05) is 12.6 Å². The van der Waals surface area contributed by atoms with E-state index in [1.807, 2.05) is 0 Å². The number of imidazole rings is 1. The number of nitrogens with one attached hydrogen (secondary N) is 1. The summed E-state index contributed by atoms with van der Waals surface area (Å²) in [6.07, 6.45) is 0.803. The van der Waals surface area contributed by atoms with Crippen LogP contribution in [0.25, 0.3) is 0 Å². The predicted octanol–water partition coefficient (Wildman–Crippen LogP) is 0.754. The van der Waals surface area contributed by atoms with E-state index in [4.69, 9.17) is 8.48 Å². The van der Waals surface area contributed by atoms with Gasteiger partial charge in [0.15, 0.2) is 0 Å². The summed E-state index contributed by atoms with van der Waals surface area (Å²) in [6.45, 7) is 0.468. The highest BCUT2D eigenvalue weighted by molar-refractivity contribution is 5.85. The number of nitrogens with two attached hydrogens (primary N) is 1.